The van der Waals surface area contributed by atoms with Crippen molar-refractivity contribution >= 4 is 39.1 Å². The van der Waals surface area contributed by atoms with E-state index in [4.69, 9.17) is 11.6 Å². The standard InChI is InChI=1S/C23H18ClN5O2S2/c1-16(15-25)32-23-27-26-22(29(23)18-9-3-2-4-10-18)17-8-7-11-19(14-17)33(30,31)28-21-13-6-5-12-20(21)24/h2-14,16,28H,1H3. The second kappa shape index (κ2) is 9.67. The number of halogens is 1. The first-order valence-corrected chi connectivity index (χ1v) is 12.6. The zero-order valence-corrected chi connectivity index (χ0v) is 19.8. The molecule has 0 fully saturated rings. The van der Waals surface area contributed by atoms with Crippen molar-refractivity contribution in [3.8, 4) is 23.1 Å². The van der Waals surface area contributed by atoms with Crippen molar-refractivity contribution in [1.82, 2.24) is 14.8 Å². The molecule has 0 aliphatic carbocycles. The summed E-state index contributed by atoms with van der Waals surface area (Å²) in [5, 5.41) is 18.3. The maximum absolute atomic E-state index is 13.0. The molecule has 10 heteroatoms. The van der Waals surface area contributed by atoms with Gasteiger partial charge in [-0.3, -0.25) is 9.29 Å². The fourth-order valence-electron chi connectivity index (χ4n) is 3.08. The zero-order valence-electron chi connectivity index (χ0n) is 17.4. The van der Waals surface area contributed by atoms with E-state index in [0.29, 0.717) is 27.3 Å². The lowest BCUT2D eigenvalue weighted by molar-refractivity contribution is 0.601. The van der Waals surface area contributed by atoms with Gasteiger partial charge in [0.05, 0.1) is 26.9 Å². The first-order chi connectivity index (χ1) is 15.9. The van der Waals surface area contributed by atoms with E-state index in [0.717, 1.165) is 5.69 Å². The number of nitrogens with zero attached hydrogens (tertiary/aromatic N) is 4. The molecule has 0 saturated heterocycles. The second-order valence-electron chi connectivity index (χ2n) is 6.98. The number of rotatable bonds is 7. The summed E-state index contributed by atoms with van der Waals surface area (Å²) in [6.45, 7) is 1.78. The summed E-state index contributed by atoms with van der Waals surface area (Å²) in [6.07, 6.45) is 0. The summed E-state index contributed by atoms with van der Waals surface area (Å²) in [6, 6.07) is 24.7. The van der Waals surface area contributed by atoms with E-state index in [1.54, 1.807) is 43.3 Å². The Morgan fingerprint density at radius 1 is 1.03 bits per heavy atom. The van der Waals surface area contributed by atoms with E-state index in [1.165, 1.54) is 23.9 Å². The molecule has 1 heterocycles. The van der Waals surface area contributed by atoms with Crippen LogP contribution in [0.25, 0.3) is 17.1 Å². The molecule has 1 aromatic heterocycles. The number of hydrogen-bond acceptors (Lipinski definition) is 6. The van der Waals surface area contributed by atoms with Crippen LogP contribution in [0.4, 0.5) is 5.69 Å². The van der Waals surface area contributed by atoms with Crippen LogP contribution >= 0.6 is 23.4 Å². The maximum atomic E-state index is 13.0. The van der Waals surface area contributed by atoms with E-state index in [1.807, 2.05) is 34.9 Å². The molecule has 7 nitrogen and oxygen atoms in total. The largest absolute Gasteiger partial charge is 0.278 e. The Morgan fingerprint density at radius 3 is 2.48 bits per heavy atom. The van der Waals surface area contributed by atoms with Crippen LogP contribution in [0.15, 0.2) is 88.9 Å². The van der Waals surface area contributed by atoms with Crippen LogP contribution in [0.1, 0.15) is 6.92 Å². The van der Waals surface area contributed by atoms with Crippen molar-refractivity contribution in [1.29, 1.82) is 5.26 Å². The molecule has 1 unspecified atom stereocenters. The summed E-state index contributed by atoms with van der Waals surface area (Å²) >= 11 is 7.39. The number of sulfonamides is 1. The van der Waals surface area contributed by atoms with Gasteiger partial charge in [-0.2, -0.15) is 5.26 Å². The first-order valence-electron chi connectivity index (χ1n) is 9.84. The topological polar surface area (TPSA) is 101 Å². The molecule has 1 N–H and O–H groups in total. The Labute approximate surface area is 201 Å². The third kappa shape index (κ3) is 5.03. The van der Waals surface area contributed by atoms with Crippen LogP contribution in [0.3, 0.4) is 0 Å². The molecule has 4 aromatic rings. The number of thioether (sulfide) groups is 1. The molecule has 0 radical (unpaired) electrons. The average Bonchev–Trinajstić information content (AvgIpc) is 3.24. The molecule has 166 valence electrons. The van der Waals surface area contributed by atoms with Crippen molar-refractivity contribution in [2.75, 3.05) is 4.72 Å². The van der Waals surface area contributed by atoms with Crippen molar-refractivity contribution in [3.63, 3.8) is 0 Å². The fraction of sp³-hybridized carbons (Fsp3) is 0.0870. The van der Waals surface area contributed by atoms with Crippen LogP contribution < -0.4 is 4.72 Å². The second-order valence-corrected chi connectivity index (χ2v) is 10.4. The molecule has 1 atom stereocenters. The Bertz CT molecular complexity index is 1430. The summed E-state index contributed by atoms with van der Waals surface area (Å²) < 4.78 is 30.4. The van der Waals surface area contributed by atoms with E-state index >= 15 is 0 Å². The molecule has 33 heavy (non-hydrogen) atoms. The normalized spacial score (nSPS) is 12.2. The number of para-hydroxylation sites is 2. The Balaban J connectivity index is 1.77. The summed E-state index contributed by atoms with van der Waals surface area (Å²) in [4.78, 5) is 0.0575. The third-order valence-electron chi connectivity index (χ3n) is 4.63. The highest BCUT2D eigenvalue weighted by Gasteiger charge is 2.21. The predicted octanol–water partition coefficient (Wildman–Crippen LogP) is 5.39. The lowest BCUT2D eigenvalue weighted by atomic mass is 10.2. The summed E-state index contributed by atoms with van der Waals surface area (Å²) in [7, 11) is -3.90. The summed E-state index contributed by atoms with van der Waals surface area (Å²) in [5.41, 5.74) is 1.65. The van der Waals surface area contributed by atoms with Crippen LogP contribution in [0.2, 0.25) is 5.02 Å². The van der Waals surface area contributed by atoms with E-state index in [2.05, 4.69) is 21.0 Å². The predicted molar refractivity (Wildman–Crippen MR) is 130 cm³/mol. The minimum atomic E-state index is -3.90. The van der Waals surface area contributed by atoms with Gasteiger partial charge in [0.15, 0.2) is 11.0 Å². The molecule has 0 aliphatic rings. The average molecular weight is 496 g/mol. The minimum absolute atomic E-state index is 0.0575. The highest BCUT2D eigenvalue weighted by atomic mass is 35.5. The Hall–Kier alpha value is -3.32. The van der Waals surface area contributed by atoms with Gasteiger partial charge in [-0.25, -0.2) is 8.42 Å². The van der Waals surface area contributed by atoms with Crippen LogP contribution in [0, 0.1) is 11.3 Å². The number of benzene rings is 3. The van der Waals surface area contributed by atoms with E-state index in [9.17, 15) is 13.7 Å². The number of nitriles is 1. The monoisotopic (exact) mass is 495 g/mol. The maximum Gasteiger partial charge on any atom is 0.261 e. The molecular weight excluding hydrogens is 478 g/mol. The SMILES string of the molecule is CC(C#N)Sc1nnc(-c2cccc(S(=O)(=O)Nc3ccccc3Cl)c2)n1-c1ccccc1. The highest BCUT2D eigenvalue weighted by Crippen LogP contribution is 2.31. The molecule has 0 aliphatic heterocycles. The van der Waals surface area contributed by atoms with E-state index < -0.39 is 10.0 Å². The zero-order chi connectivity index (χ0) is 23.4. The lowest BCUT2D eigenvalue weighted by Gasteiger charge is -2.12. The van der Waals surface area contributed by atoms with Crippen LogP contribution in [-0.4, -0.2) is 28.4 Å². The van der Waals surface area contributed by atoms with E-state index in [-0.39, 0.29) is 10.1 Å². The van der Waals surface area contributed by atoms with Gasteiger partial charge in [0.2, 0.25) is 0 Å². The van der Waals surface area contributed by atoms with Gasteiger partial charge in [-0.05, 0) is 43.3 Å². The number of anilines is 1. The third-order valence-corrected chi connectivity index (χ3v) is 7.26. The first kappa shape index (κ1) is 22.9. The van der Waals surface area contributed by atoms with Crippen molar-refractivity contribution in [3.05, 3.63) is 83.9 Å². The van der Waals surface area contributed by atoms with Gasteiger partial charge < -0.3 is 0 Å². The Morgan fingerprint density at radius 2 is 1.76 bits per heavy atom. The molecule has 3 aromatic carbocycles. The van der Waals surface area contributed by atoms with Gasteiger partial charge in [0.1, 0.15) is 0 Å². The van der Waals surface area contributed by atoms with Crippen molar-refractivity contribution < 1.29 is 8.42 Å². The number of hydrogen-bond donors (Lipinski definition) is 1. The fourth-order valence-corrected chi connectivity index (χ4v) is 5.20. The molecular formula is C23H18ClN5O2S2. The van der Waals surface area contributed by atoms with Crippen LogP contribution in [-0.2, 0) is 10.0 Å². The molecule has 0 amide bonds. The molecule has 0 bridgehead atoms. The van der Waals surface area contributed by atoms with Gasteiger partial charge in [-0.15, -0.1) is 10.2 Å². The smallest absolute Gasteiger partial charge is 0.261 e. The lowest BCUT2D eigenvalue weighted by Crippen LogP contribution is -2.13. The molecule has 0 saturated carbocycles. The van der Waals surface area contributed by atoms with Gasteiger partial charge in [0, 0.05) is 11.3 Å². The van der Waals surface area contributed by atoms with Crippen molar-refractivity contribution in [2.45, 2.75) is 22.2 Å². The van der Waals surface area contributed by atoms with Gasteiger partial charge >= 0.3 is 0 Å². The quantitative estimate of drug-likeness (QED) is 0.345. The van der Waals surface area contributed by atoms with Gasteiger partial charge in [-0.1, -0.05) is 65.8 Å². The number of nitrogens with one attached hydrogen (secondary N) is 1. The Kier molecular flexibility index (Phi) is 6.70. The number of aromatic nitrogens is 3. The molecule has 4 rings (SSSR count). The highest BCUT2D eigenvalue weighted by molar-refractivity contribution is 8.00. The molecule has 0 spiro atoms. The van der Waals surface area contributed by atoms with Crippen molar-refractivity contribution in [2.24, 2.45) is 0 Å². The summed E-state index contributed by atoms with van der Waals surface area (Å²) in [5.74, 6) is 0.462. The van der Waals surface area contributed by atoms with Crippen LogP contribution in [0.5, 0.6) is 0 Å². The van der Waals surface area contributed by atoms with Gasteiger partial charge in [0.25, 0.3) is 10.0 Å². The minimum Gasteiger partial charge on any atom is -0.278 e.